The van der Waals surface area contributed by atoms with Crippen LogP contribution in [-0.2, 0) is 4.79 Å². The molecule has 2 aliphatic rings. The maximum absolute atomic E-state index is 12.6. The van der Waals surface area contributed by atoms with Crippen LogP contribution >= 0.6 is 0 Å². The van der Waals surface area contributed by atoms with Crippen molar-refractivity contribution < 1.29 is 29.3 Å². The van der Waals surface area contributed by atoms with E-state index in [1.807, 2.05) is 0 Å². The second-order valence-corrected chi connectivity index (χ2v) is 5.38. The second kappa shape index (κ2) is 5.84. The summed E-state index contributed by atoms with van der Waals surface area (Å²) in [5.41, 5.74) is 0.373. The fraction of sp³-hybridized carbons (Fsp3) is 0.467. The summed E-state index contributed by atoms with van der Waals surface area (Å²) < 4.78 is 11.0. The third-order valence-electron chi connectivity index (χ3n) is 3.98. The predicted molar refractivity (Wildman–Crippen MR) is 75.1 cm³/mol. The van der Waals surface area contributed by atoms with E-state index in [4.69, 9.17) is 14.6 Å². The van der Waals surface area contributed by atoms with Crippen LogP contribution in [0.15, 0.2) is 18.2 Å². The summed E-state index contributed by atoms with van der Waals surface area (Å²) in [4.78, 5) is 25.1. The number of carbonyl (C=O) groups is 2. The maximum Gasteiger partial charge on any atom is 0.309 e. The molecule has 0 aliphatic carbocycles. The number of hydrogen-bond acceptors (Lipinski definition) is 5. The summed E-state index contributed by atoms with van der Waals surface area (Å²) in [5.74, 6) is -1.21. The van der Waals surface area contributed by atoms with Gasteiger partial charge in [0, 0.05) is 13.1 Å². The van der Waals surface area contributed by atoms with Gasteiger partial charge in [0.05, 0.1) is 17.6 Å². The third kappa shape index (κ3) is 2.59. The first-order chi connectivity index (χ1) is 10.6. The molecule has 7 nitrogen and oxygen atoms in total. The predicted octanol–water partition coefficient (Wildman–Crippen LogP) is 0.365. The Hall–Kier alpha value is -2.28. The van der Waals surface area contributed by atoms with Crippen LogP contribution < -0.4 is 9.47 Å². The Morgan fingerprint density at radius 3 is 2.73 bits per heavy atom. The maximum atomic E-state index is 12.6. The van der Waals surface area contributed by atoms with Crippen molar-refractivity contribution in [2.24, 2.45) is 5.92 Å². The fourth-order valence-corrected chi connectivity index (χ4v) is 2.82. The van der Waals surface area contributed by atoms with E-state index in [0.717, 1.165) is 0 Å². The summed E-state index contributed by atoms with van der Waals surface area (Å²) >= 11 is 0. The normalized spacial score (nSPS) is 24.0. The van der Waals surface area contributed by atoms with Crippen molar-refractivity contribution in [3.63, 3.8) is 0 Å². The molecular formula is C15H17NO6. The highest BCUT2D eigenvalue weighted by molar-refractivity contribution is 5.98. The number of carbonyl (C=O) groups excluding carboxylic acids is 1. The summed E-state index contributed by atoms with van der Waals surface area (Å²) in [7, 11) is 0. The van der Waals surface area contributed by atoms with E-state index >= 15 is 0 Å². The molecule has 0 spiro atoms. The number of para-hydroxylation sites is 1. The first-order valence-corrected chi connectivity index (χ1v) is 7.16. The smallest absolute Gasteiger partial charge is 0.309 e. The molecule has 1 saturated heterocycles. The Morgan fingerprint density at radius 1 is 1.23 bits per heavy atom. The number of ether oxygens (including phenoxy) is 2. The zero-order chi connectivity index (χ0) is 15.7. The largest absolute Gasteiger partial charge is 0.486 e. The molecule has 1 fully saturated rings. The van der Waals surface area contributed by atoms with E-state index in [0.29, 0.717) is 30.3 Å². The highest BCUT2D eigenvalue weighted by Crippen LogP contribution is 2.34. The summed E-state index contributed by atoms with van der Waals surface area (Å²) in [6, 6.07) is 5.09. The molecule has 0 aromatic heterocycles. The number of fused-ring (bicyclic) bond motifs is 1. The van der Waals surface area contributed by atoms with Gasteiger partial charge in [0.25, 0.3) is 5.91 Å². The number of aliphatic hydroxyl groups excluding tert-OH is 1. The van der Waals surface area contributed by atoms with Gasteiger partial charge in [-0.25, -0.2) is 0 Å². The highest BCUT2D eigenvalue weighted by Gasteiger charge is 2.35. The van der Waals surface area contributed by atoms with Crippen molar-refractivity contribution in [1.29, 1.82) is 0 Å². The van der Waals surface area contributed by atoms with Gasteiger partial charge in [-0.15, -0.1) is 0 Å². The number of hydrogen-bond donors (Lipinski definition) is 2. The topological polar surface area (TPSA) is 96.3 Å². The number of aliphatic hydroxyl groups is 1. The van der Waals surface area contributed by atoms with Gasteiger partial charge in [-0.3, -0.25) is 9.59 Å². The molecule has 2 atom stereocenters. The Balaban J connectivity index is 1.79. The van der Waals surface area contributed by atoms with Crippen LogP contribution in [0.25, 0.3) is 0 Å². The lowest BCUT2D eigenvalue weighted by Gasteiger charge is -2.34. The number of nitrogens with zero attached hydrogens (tertiary/aromatic N) is 1. The van der Waals surface area contributed by atoms with E-state index in [2.05, 4.69) is 0 Å². The summed E-state index contributed by atoms with van der Waals surface area (Å²) in [6.45, 7) is 1.10. The SMILES string of the molecule is O=C(O)[C@H]1CCN(C(=O)c2cccc3c2OCCO3)C[C@H]1O. The van der Waals surface area contributed by atoms with Crippen LogP contribution in [0.1, 0.15) is 16.8 Å². The molecule has 0 bridgehead atoms. The number of rotatable bonds is 2. The molecule has 2 aliphatic heterocycles. The summed E-state index contributed by atoms with van der Waals surface area (Å²) in [5, 5.41) is 18.9. The molecular weight excluding hydrogens is 290 g/mol. The number of piperidine rings is 1. The zero-order valence-electron chi connectivity index (χ0n) is 11.9. The average molecular weight is 307 g/mol. The molecule has 0 radical (unpaired) electrons. The minimum absolute atomic E-state index is 0.000322. The number of benzene rings is 1. The number of likely N-dealkylation sites (tertiary alicyclic amines) is 1. The fourth-order valence-electron chi connectivity index (χ4n) is 2.82. The number of aliphatic carboxylic acids is 1. The highest BCUT2D eigenvalue weighted by atomic mass is 16.6. The minimum atomic E-state index is -1.06. The monoisotopic (exact) mass is 307 g/mol. The van der Waals surface area contributed by atoms with E-state index in [-0.39, 0.29) is 25.4 Å². The molecule has 2 N–H and O–H groups in total. The van der Waals surface area contributed by atoms with Crippen LogP contribution in [0.3, 0.4) is 0 Å². The van der Waals surface area contributed by atoms with Crippen molar-refractivity contribution >= 4 is 11.9 Å². The Bertz CT molecular complexity index is 602. The Morgan fingerprint density at radius 2 is 2.00 bits per heavy atom. The number of amides is 1. The lowest BCUT2D eigenvalue weighted by atomic mass is 9.93. The minimum Gasteiger partial charge on any atom is -0.486 e. The van der Waals surface area contributed by atoms with Crippen LogP contribution in [-0.4, -0.2) is 59.4 Å². The summed E-state index contributed by atoms with van der Waals surface area (Å²) in [6.07, 6.45) is -0.832. The van der Waals surface area contributed by atoms with Crippen LogP contribution in [0.2, 0.25) is 0 Å². The van der Waals surface area contributed by atoms with Crippen LogP contribution in [0.5, 0.6) is 11.5 Å². The number of β-amino-alcohol motifs (C(OH)–C–C–N with tert-alkyl or cyclic N) is 1. The van der Waals surface area contributed by atoms with Gasteiger partial charge in [0.2, 0.25) is 0 Å². The van der Waals surface area contributed by atoms with E-state index in [1.165, 1.54) is 4.90 Å². The lowest BCUT2D eigenvalue weighted by Crippen LogP contribution is -2.48. The quantitative estimate of drug-likeness (QED) is 0.819. The molecule has 1 amide bonds. The van der Waals surface area contributed by atoms with Crippen molar-refractivity contribution in [3.05, 3.63) is 23.8 Å². The molecule has 0 unspecified atom stereocenters. The van der Waals surface area contributed by atoms with Gasteiger partial charge in [-0.05, 0) is 18.6 Å². The lowest BCUT2D eigenvalue weighted by molar-refractivity contribution is -0.148. The molecule has 1 aromatic rings. The molecule has 1 aromatic carbocycles. The Kier molecular flexibility index (Phi) is 3.89. The second-order valence-electron chi connectivity index (χ2n) is 5.38. The molecule has 3 rings (SSSR count). The van der Waals surface area contributed by atoms with Crippen LogP contribution in [0, 0.1) is 5.92 Å². The number of carboxylic acids is 1. The van der Waals surface area contributed by atoms with E-state index in [9.17, 15) is 14.7 Å². The van der Waals surface area contributed by atoms with Crippen molar-refractivity contribution in [2.45, 2.75) is 12.5 Å². The van der Waals surface area contributed by atoms with Gasteiger partial charge < -0.3 is 24.6 Å². The molecule has 118 valence electrons. The first-order valence-electron chi connectivity index (χ1n) is 7.16. The Labute approximate surface area is 127 Å². The molecule has 7 heteroatoms. The van der Waals surface area contributed by atoms with Gasteiger partial charge in [-0.1, -0.05) is 6.07 Å². The number of carboxylic acid groups (broad SMARTS) is 1. The zero-order valence-corrected chi connectivity index (χ0v) is 11.9. The average Bonchev–Trinajstić information content (AvgIpc) is 2.53. The van der Waals surface area contributed by atoms with Crippen LogP contribution in [0.4, 0.5) is 0 Å². The first kappa shape index (κ1) is 14.6. The van der Waals surface area contributed by atoms with Crippen molar-refractivity contribution in [1.82, 2.24) is 4.90 Å². The third-order valence-corrected chi connectivity index (χ3v) is 3.98. The molecule has 0 saturated carbocycles. The standard InChI is InChI=1S/C15H17NO6/c17-11-8-16(5-4-9(11)15(19)20)14(18)10-2-1-3-12-13(10)22-7-6-21-12/h1-3,9,11,17H,4-8H2,(H,19,20)/t9-,11+/m0/s1. The van der Waals surface area contributed by atoms with E-state index < -0.39 is 18.0 Å². The molecule has 2 heterocycles. The molecule has 22 heavy (non-hydrogen) atoms. The van der Waals surface area contributed by atoms with Gasteiger partial charge >= 0.3 is 5.97 Å². The van der Waals surface area contributed by atoms with Gasteiger partial charge in [0.15, 0.2) is 11.5 Å². The van der Waals surface area contributed by atoms with E-state index in [1.54, 1.807) is 18.2 Å². The van der Waals surface area contributed by atoms with Gasteiger partial charge in [0.1, 0.15) is 13.2 Å². The van der Waals surface area contributed by atoms with Gasteiger partial charge in [-0.2, -0.15) is 0 Å². The van der Waals surface area contributed by atoms with Crippen molar-refractivity contribution in [3.8, 4) is 11.5 Å². The van der Waals surface area contributed by atoms with Crippen molar-refractivity contribution in [2.75, 3.05) is 26.3 Å².